The molecule has 1 amide bonds. The van der Waals surface area contributed by atoms with E-state index in [-0.39, 0.29) is 12.6 Å². The molecular weight excluding hydrogens is 310 g/mol. The van der Waals surface area contributed by atoms with Crippen LogP contribution in [0.25, 0.3) is 6.08 Å². The molecule has 1 aromatic carbocycles. The highest BCUT2D eigenvalue weighted by Gasteiger charge is 2.12. The van der Waals surface area contributed by atoms with Crippen LogP contribution in [0.15, 0.2) is 53.2 Å². The van der Waals surface area contributed by atoms with Gasteiger partial charge in [0.05, 0.1) is 19.4 Å². The van der Waals surface area contributed by atoms with Crippen LogP contribution in [0.2, 0.25) is 0 Å². The van der Waals surface area contributed by atoms with Gasteiger partial charge in [-0.25, -0.2) is 4.79 Å². The van der Waals surface area contributed by atoms with Gasteiger partial charge in [-0.3, -0.25) is 4.79 Å². The number of benzene rings is 1. The fraction of sp³-hybridized carbons (Fsp3) is 0.222. The van der Waals surface area contributed by atoms with E-state index < -0.39 is 11.9 Å². The molecule has 0 saturated carbocycles. The molecule has 0 aliphatic heterocycles. The number of carbonyl (C=O) groups is 2. The first-order valence-electron chi connectivity index (χ1n) is 7.40. The van der Waals surface area contributed by atoms with E-state index in [4.69, 9.17) is 13.9 Å². The van der Waals surface area contributed by atoms with Crippen LogP contribution in [0.4, 0.5) is 0 Å². The molecule has 0 saturated heterocycles. The van der Waals surface area contributed by atoms with E-state index in [9.17, 15) is 9.59 Å². The lowest BCUT2D eigenvalue weighted by atomic mass is 10.2. The Balaban J connectivity index is 1.80. The first-order valence-corrected chi connectivity index (χ1v) is 7.40. The Labute approximate surface area is 140 Å². The zero-order chi connectivity index (χ0) is 17.4. The minimum Gasteiger partial charge on any atom is -0.496 e. The monoisotopic (exact) mass is 329 g/mol. The molecule has 6 nitrogen and oxygen atoms in total. The lowest BCUT2D eigenvalue weighted by Gasteiger charge is -2.11. The van der Waals surface area contributed by atoms with E-state index in [1.807, 2.05) is 12.1 Å². The summed E-state index contributed by atoms with van der Waals surface area (Å²) in [5.74, 6) is 0.261. The molecule has 0 radical (unpaired) electrons. The third-order valence-corrected chi connectivity index (χ3v) is 3.23. The highest BCUT2D eigenvalue weighted by atomic mass is 16.5. The number of rotatable bonds is 7. The average Bonchev–Trinajstić information content (AvgIpc) is 3.13. The molecule has 0 spiro atoms. The van der Waals surface area contributed by atoms with Gasteiger partial charge < -0.3 is 19.2 Å². The summed E-state index contributed by atoms with van der Waals surface area (Å²) in [6.07, 6.45) is 4.35. The highest BCUT2D eigenvalue weighted by molar-refractivity contribution is 5.89. The van der Waals surface area contributed by atoms with Crippen molar-refractivity contribution in [2.24, 2.45) is 0 Å². The molecule has 0 fully saturated rings. The summed E-state index contributed by atoms with van der Waals surface area (Å²) in [6.45, 7) is 1.42. The van der Waals surface area contributed by atoms with E-state index in [1.54, 1.807) is 44.4 Å². The first kappa shape index (κ1) is 17.3. The SMILES string of the molecule is COc1ccccc1/C=C/C(=O)OCC(=O)N[C@H](C)c1ccco1. The Morgan fingerprint density at radius 1 is 1.25 bits per heavy atom. The third kappa shape index (κ3) is 5.01. The van der Waals surface area contributed by atoms with Crippen molar-refractivity contribution >= 4 is 18.0 Å². The van der Waals surface area contributed by atoms with Crippen molar-refractivity contribution in [1.29, 1.82) is 0 Å². The fourth-order valence-electron chi connectivity index (χ4n) is 2.04. The van der Waals surface area contributed by atoms with Gasteiger partial charge in [0, 0.05) is 11.6 Å². The van der Waals surface area contributed by atoms with Crippen LogP contribution in [-0.2, 0) is 14.3 Å². The number of hydrogen-bond donors (Lipinski definition) is 1. The number of furan rings is 1. The third-order valence-electron chi connectivity index (χ3n) is 3.23. The summed E-state index contributed by atoms with van der Waals surface area (Å²) in [5, 5.41) is 2.68. The van der Waals surface area contributed by atoms with Crippen molar-refractivity contribution < 1.29 is 23.5 Å². The average molecular weight is 329 g/mol. The minimum atomic E-state index is -0.610. The largest absolute Gasteiger partial charge is 0.496 e. The van der Waals surface area contributed by atoms with E-state index in [1.165, 1.54) is 12.3 Å². The zero-order valence-electron chi connectivity index (χ0n) is 13.5. The molecule has 0 aliphatic carbocycles. The second kappa shape index (κ2) is 8.57. The lowest BCUT2D eigenvalue weighted by molar-refractivity contribution is -0.144. The van der Waals surface area contributed by atoms with Crippen molar-refractivity contribution in [2.45, 2.75) is 13.0 Å². The van der Waals surface area contributed by atoms with Crippen molar-refractivity contribution in [3.63, 3.8) is 0 Å². The lowest BCUT2D eigenvalue weighted by Crippen LogP contribution is -2.30. The van der Waals surface area contributed by atoms with Crippen molar-refractivity contribution in [2.75, 3.05) is 13.7 Å². The molecule has 1 atom stereocenters. The molecule has 0 unspecified atom stereocenters. The van der Waals surface area contributed by atoms with Crippen LogP contribution in [0.1, 0.15) is 24.3 Å². The minimum absolute atomic E-state index is 0.296. The van der Waals surface area contributed by atoms with Gasteiger partial charge in [-0.1, -0.05) is 18.2 Å². The zero-order valence-corrected chi connectivity index (χ0v) is 13.5. The molecule has 126 valence electrons. The fourth-order valence-corrected chi connectivity index (χ4v) is 2.04. The molecule has 0 bridgehead atoms. The summed E-state index contributed by atoms with van der Waals surface area (Å²) in [7, 11) is 1.55. The first-order chi connectivity index (χ1) is 11.6. The van der Waals surface area contributed by atoms with Gasteiger partial charge in [-0.15, -0.1) is 0 Å². The molecule has 6 heteroatoms. The predicted octanol–water partition coefficient (Wildman–Crippen LogP) is 2.72. The summed E-state index contributed by atoms with van der Waals surface area (Å²) in [4.78, 5) is 23.4. The summed E-state index contributed by atoms with van der Waals surface area (Å²) in [6, 6.07) is 10.5. The number of methoxy groups -OCH3 is 1. The standard InChI is InChI=1S/C18H19NO5/c1-13(15-8-5-11-23-15)19-17(20)12-24-18(21)10-9-14-6-3-4-7-16(14)22-2/h3-11,13H,12H2,1-2H3,(H,19,20)/b10-9+/t13-/m1/s1. The topological polar surface area (TPSA) is 77.8 Å². The Bertz CT molecular complexity index is 706. The summed E-state index contributed by atoms with van der Waals surface area (Å²) < 4.78 is 15.3. The number of para-hydroxylation sites is 1. The van der Waals surface area contributed by atoms with Crippen LogP contribution in [-0.4, -0.2) is 25.6 Å². The van der Waals surface area contributed by atoms with Gasteiger partial charge >= 0.3 is 5.97 Å². The maximum atomic E-state index is 11.8. The summed E-state index contributed by atoms with van der Waals surface area (Å²) in [5.41, 5.74) is 0.743. The van der Waals surface area contributed by atoms with Gasteiger partial charge in [-0.2, -0.15) is 0 Å². The number of amides is 1. The maximum Gasteiger partial charge on any atom is 0.331 e. The van der Waals surface area contributed by atoms with Gasteiger partial charge in [0.15, 0.2) is 6.61 Å². The quantitative estimate of drug-likeness (QED) is 0.624. The summed E-state index contributed by atoms with van der Waals surface area (Å²) >= 11 is 0. The van der Waals surface area contributed by atoms with Crippen LogP contribution < -0.4 is 10.1 Å². The Morgan fingerprint density at radius 3 is 2.75 bits per heavy atom. The smallest absolute Gasteiger partial charge is 0.331 e. The van der Waals surface area contributed by atoms with E-state index in [0.29, 0.717) is 11.5 Å². The van der Waals surface area contributed by atoms with E-state index in [2.05, 4.69) is 5.32 Å². The number of carbonyl (C=O) groups excluding carboxylic acids is 2. The molecule has 24 heavy (non-hydrogen) atoms. The van der Waals surface area contributed by atoms with Crippen LogP contribution in [0, 0.1) is 0 Å². The van der Waals surface area contributed by atoms with Gasteiger partial charge in [0.1, 0.15) is 11.5 Å². The Morgan fingerprint density at radius 2 is 2.04 bits per heavy atom. The molecule has 2 rings (SSSR count). The number of hydrogen-bond acceptors (Lipinski definition) is 5. The van der Waals surface area contributed by atoms with Gasteiger partial charge in [-0.05, 0) is 31.2 Å². The van der Waals surface area contributed by atoms with Crippen LogP contribution >= 0.6 is 0 Å². The van der Waals surface area contributed by atoms with Crippen LogP contribution in [0.5, 0.6) is 5.75 Å². The van der Waals surface area contributed by atoms with Crippen molar-refractivity contribution in [3.05, 3.63) is 60.1 Å². The second-order valence-corrected chi connectivity index (χ2v) is 4.99. The second-order valence-electron chi connectivity index (χ2n) is 4.99. The predicted molar refractivity (Wildman–Crippen MR) is 88.3 cm³/mol. The van der Waals surface area contributed by atoms with Gasteiger partial charge in [0.2, 0.25) is 0 Å². The van der Waals surface area contributed by atoms with E-state index >= 15 is 0 Å². The normalized spacial score (nSPS) is 11.9. The van der Waals surface area contributed by atoms with Crippen LogP contribution in [0.3, 0.4) is 0 Å². The van der Waals surface area contributed by atoms with E-state index in [0.717, 1.165) is 5.56 Å². The number of esters is 1. The van der Waals surface area contributed by atoms with Gasteiger partial charge in [0.25, 0.3) is 5.91 Å². The number of ether oxygens (including phenoxy) is 2. The Hall–Kier alpha value is -3.02. The molecule has 0 aliphatic rings. The van der Waals surface area contributed by atoms with Crippen molar-refractivity contribution in [1.82, 2.24) is 5.32 Å². The number of nitrogens with one attached hydrogen (secondary N) is 1. The Kier molecular flexibility index (Phi) is 6.19. The molecule has 2 aromatic rings. The molecular formula is C18H19NO5. The molecule has 1 heterocycles. The molecule has 1 N–H and O–H groups in total. The van der Waals surface area contributed by atoms with Crippen molar-refractivity contribution in [3.8, 4) is 5.75 Å². The highest BCUT2D eigenvalue weighted by Crippen LogP contribution is 2.18. The maximum absolute atomic E-state index is 11.8. The molecule has 1 aromatic heterocycles.